The lowest BCUT2D eigenvalue weighted by Gasteiger charge is -2.32. The molecule has 0 amide bonds. The first kappa shape index (κ1) is 17.5. The number of benzene rings is 1. The van der Waals surface area contributed by atoms with E-state index in [0.717, 1.165) is 19.3 Å². The third-order valence-corrected chi connectivity index (χ3v) is 5.09. The number of carbonyl (C=O) groups is 1. The molecule has 1 atom stereocenters. The number of rotatable bonds is 5. The molecule has 0 radical (unpaired) electrons. The summed E-state index contributed by atoms with van der Waals surface area (Å²) in [6, 6.07) is 6.77. The number of piperidine rings is 1. The van der Waals surface area contributed by atoms with Gasteiger partial charge in [0.05, 0.1) is 17.4 Å². The maximum absolute atomic E-state index is 12.3. The van der Waals surface area contributed by atoms with Gasteiger partial charge in [0.1, 0.15) is 5.69 Å². The summed E-state index contributed by atoms with van der Waals surface area (Å²) >= 11 is 0. The zero-order valence-electron chi connectivity index (χ0n) is 14.3. The van der Waals surface area contributed by atoms with Crippen molar-refractivity contribution in [3.63, 3.8) is 0 Å². The highest BCUT2D eigenvalue weighted by molar-refractivity contribution is 5.73. The molecule has 0 spiro atoms. The van der Waals surface area contributed by atoms with E-state index in [9.17, 15) is 14.9 Å². The summed E-state index contributed by atoms with van der Waals surface area (Å²) in [5.74, 6) is 0.232. The zero-order chi connectivity index (χ0) is 17.6. The highest BCUT2D eigenvalue weighted by Gasteiger charge is 2.29. The van der Waals surface area contributed by atoms with Gasteiger partial charge >= 0.3 is 5.97 Å². The molecule has 1 saturated heterocycles. The van der Waals surface area contributed by atoms with Crippen molar-refractivity contribution in [1.29, 1.82) is 0 Å². The van der Waals surface area contributed by atoms with Gasteiger partial charge in [-0.1, -0.05) is 24.3 Å². The number of nitro groups is 1. The Balaban J connectivity index is 1.51. The van der Waals surface area contributed by atoms with Gasteiger partial charge in [0, 0.05) is 19.2 Å². The number of ether oxygens (including phenoxy) is 1. The van der Waals surface area contributed by atoms with Gasteiger partial charge in [-0.05, 0) is 44.1 Å². The molecular weight excluding hydrogens is 320 g/mol. The first-order chi connectivity index (χ1) is 12.1. The van der Waals surface area contributed by atoms with Crippen molar-refractivity contribution in [2.24, 2.45) is 11.8 Å². The second-order valence-electron chi connectivity index (χ2n) is 6.79. The number of nitrogens with zero attached hydrogens (tertiary/aromatic N) is 2. The van der Waals surface area contributed by atoms with Crippen LogP contribution < -0.4 is 4.90 Å². The van der Waals surface area contributed by atoms with E-state index in [1.807, 2.05) is 4.90 Å². The largest absolute Gasteiger partial charge is 0.465 e. The second kappa shape index (κ2) is 8.14. The average Bonchev–Trinajstić information content (AvgIpc) is 2.67. The molecule has 0 saturated carbocycles. The molecule has 2 aliphatic rings. The average molecular weight is 344 g/mol. The third kappa shape index (κ3) is 4.38. The summed E-state index contributed by atoms with van der Waals surface area (Å²) in [6.07, 6.45) is 8.83. The first-order valence-electron chi connectivity index (χ1n) is 8.95. The summed E-state index contributed by atoms with van der Waals surface area (Å²) in [5, 5.41) is 11.2. The van der Waals surface area contributed by atoms with Crippen LogP contribution in [0.25, 0.3) is 0 Å². The minimum atomic E-state index is -0.353. The summed E-state index contributed by atoms with van der Waals surface area (Å²) in [4.78, 5) is 25.1. The van der Waals surface area contributed by atoms with Gasteiger partial charge in [-0.3, -0.25) is 14.9 Å². The Morgan fingerprint density at radius 2 is 1.96 bits per heavy atom. The molecule has 3 rings (SSSR count). The highest BCUT2D eigenvalue weighted by Crippen LogP contribution is 2.31. The fourth-order valence-corrected chi connectivity index (χ4v) is 3.57. The number of esters is 1. The maximum Gasteiger partial charge on any atom is 0.309 e. The lowest BCUT2D eigenvalue weighted by molar-refractivity contribution is -0.384. The lowest BCUT2D eigenvalue weighted by atomic mass is 9.94. The maximum atomic E-state index is 12.3. The van der Waals surface area contributed by atoms with E-state index in [2.05, 4.69) is 12.2 Å². The Labute approximate surface area is 147 Å². The summed E-state index contributed by atoms with van der Waals surface area (Å²) in [6.45, 7) is 1.78. The molecule has 25 heavy (non-hydrogen) atoms. The van der Waals surface area contributed by atoms with E-state index in [-0.39, 0.29) is 22.5 Å². The fraction of sp³-hybridized carbons (Fsp3) is 0.526. The molecule has 6 heteroatoms. The Hall–Kier alpha value is -2.37. The van der Waals surface area contributed by atoms with Crippen LogP contribution in [0.5, 0.6) is 0 Å². The van der Waals surface area contributed by atoms with Gasteiger partial charge < -0.3 is 9.64 Å². The highest BCUT2D eigenvalue weighted by atomic mass is 16.6. The molecule has 134 valence electrons. The number of para-hydroxylation sites is 2. The number of allylic oxidation sites excluding steroid dienone is 2. The van der Waals surface area contributed by atoms with Crippen LogP contribution in [0.4, 0.5) is 11.4 Å². The minimum Gasteiger partial charge on any atom is -0.465 e. The van der Waals surface area contributed by atoms with Crippen molar-refractivity contribution >= 4 is 17.3 Å². The second-order valence-corrected chi connectivity index (χ2v) is 6.79. The molecule has 1 aliphatic carbocycles. The third-order valence-electron chi connectivity index (χ3n) is 5.09. The molecule has 0 aromatic heterocycles. The molecule has 6 nitrogen and oxygen atoms in total. The topological polar surface area (TPSA) is 72.7 Å². The van der Waals surface area contributed by atoms with Gasteiger partial charge in [-0.2, -0.15) is 0 Å². The molecule has 1 aromatic rings. The summed E-state index contributed by atoms with van der Waals surface area (Å²) < 4.78 is 5.52. The van der Waals surface area contributed by atoms with Crippen molar-refractivity contribution < 1.29 is 14.5 Å². The van der Waals surface area contributed by atoms with Gasteiger partial charge in [-0.15, -0.1) is 0 Å². The normalized spacial score (nSPS) is 21.1. The molecular formula is C19H24N2O4. The van der Waals surface area contributed by atoms with Crippen molar-refractivity contribution in [3.8, 4) is 0 Å². The number of hydrogen-bond acceptors (Lipinski definition) is 5. The number of anilines is 1. The number of carbonyl (C=O) groups excluding carboxylic acids is 1. The quantitative estimate of drug-likeness (QED) is 0.352. The van der Waals surface area contributed by atoms with Crippen LogP contribution in [0.2, 0.25) is 0 Å². The van der Waals surface area contributed by atoms with Crippen molar-refractivity contribution in [2.45, 2.75) is 32.1 Å². The number of nitro benzene ring substituents is 1. The predicted molar refractivity (Wildman–Crippen MR) is 95.5 cm³/mol. The SMILES string of the molecule is O=C(OCC1CC=CCC1)C1CCN(c2ccccc2[N+](=O)[O-])CC1. The Bertz CT molecular complexity index is 651. The van der Waals surface area contributed by atoms with Gasteiger partial charge in [0.25, 0.3) is 5.69 Å². The Morgan fingerprint density at radius 1 is 1.20 bits per heavy atom. The molecule has 1 unspecified atom stereocenters. The molecule has 1 aromatic carbocycles. The fourth-order valence-electron chi connectivity index (χ4n) is 3.57. The van der Waals surface area contributed by atoms with Gasteiger partial charge in [-0.25, -0.2) is 0 Å². The summed E-state index contributed by atoms with van der Waals surface area (Å²) in [7, 11) is 0. The lowest BCUT2D eigenvalue weighted by Crippen LogP contribution is -2.37. The number of hydrogen-bond donors (Lipinski definition) is 0. The van der Waals surface area contributed by atoms with Crippen molar-refractivity contribution in [3.05, 3.63) is 46.5 Å². The van der Waals surface area contributed by atoms with Gasteiger partial charge in [0.15, 0.2) is 0 Å². The zero-order valence-corrected chi connectivity index (χ0v) is 14.3. The Morgan fingerprint density at radius 3 is 2.64 bits per heavy atom. The smallest absolute Gasteiger partial charge is 0.309 e. The van der Waals surface area contributed by atoms with E-state index >= 15 is 0 Å². The van der Waals surface area contributed by atoms with E-state index in [1.54, 1.807) is 18.2 Å². The standard InChI is InChI=1S/C19H24N2O4/c22-19(25-14-15-6-2-1-3-7-15)16-10-12-20(13-11-16)17-8-4-5-9-18(17)21(23)24/h1-2,4-5,8-9,15-16H,3,6-7,10-14H2. The van der Waals surface area contributed by atoms with Crippen LogP contribution in [0, 0.1) is 22.0 Å². The molecule has 0 N–H and O–H groups in total. The minimum absolute atomic E-state index is 0.0989. The van der Waals surface area contributed by atoms with Crippen molar-refractivity contribution in [1.82, 2.24) is 0 Å². The molecule has 0 bridgehead atoms. The van der Waals surface area contributed by atoms with E-state index in [1.165, 1.54) is 6.07 Å². The van der Waals surface area contributed by atoms with Crippen LogP contribution >= 0.6 is 0 Å². The van der Waals surface area contributed by atoms with E-state index in [0.29, 0.717) is 44.1 Å². The molecule has 1 fully saturated rings. The van der Waals surface area contributed by atoms with Crippen LogP contribution in [0.3, 0.4) is 0 Å². The van der Waals surface area contributed by atoms with Crippen LogP contribution in [-0.2, 0) is 9.53 Å². The predicted octanol–water partition coefficient (Wildman–Crippen LogP) is 3.71. The monoisotopic (exact) mass is 344 g/mol. The van der Waals surface area contributed by atoms with E-state index in [4.69, 9.17) is 4.74 Å². The Kier molecular flexibility index (Phi) is 5.68. The van der Waals surface area contributed by atoms with Crippen LogP contribution in [0.1, 0.15) is 32.1 Å². The van der Waals surface area contributed by atoms with Gasteiger partial charge in [0.2, 0.25) is 0 Å². The molecule has 1 aliphatic heterocycles. The van der Waals surface area contributed by atoms with Crippen LogP contribution in [-0.4, -0.2) is 30.6 Å². The summed E-state index contributed by atoms with van der Waals surface area (Å²) in [5.41, 5.74) is 0.752. The van der Waals surface area contributed by atoms with Crippen LogP contribution in [0.15, 0.2) is 36.4 Å². The first-order valence-corrected chi connectivity index (χ1v) is 8.95. The van der Waals surface area contributed by atoms with E-state index < -0.39 is 0 Å². The van der Waals surface area contributed by atoms with Crippen molar-refractivity contribution in [2.75, 3.05) is 24.6 Å². The molecule has 1 heterocycles.